The van der Waals surface area contributed by atoms with Gasteiger partial charge in [0.05, 0.1) is 0 Å². The summed E-state index contributed by atoms with van der Waals surface area (Å²) in [5, 5.41) is 3.33. The SMILES string of the molecule is CSC1(CNc2ncnc(NN)c2Br)CC1. The van der Waals surface area contributed by atoms with Gasteiger partial charge >= 0.3 is 0 Å². The Labute approximate surface area is 107 Å². The number of aromatic nitrogens is 2. The van der Waals surface area contributed by atoms with Crippen LogP contribution in [-0.4, -0.2) is 27.5 Å². The zero-order valence-corrected chi connectivity index (χ0v) is 11.4. The Hall–Kier alpha value is -0.530. The Kier molecular flexibility index (Phi) is 3.56. The van der Waals surface area contributed by atoms with Crippen molar-refractivity contribution in [3.63, 3.8) is 0 Å². The van der Waals surface area contributed by atoms with E-state index in [0.29, 0.717) is 10.6 Å². The van der Waals surface area contributed by atoms with Crippen molar-refractivity contribution in [3.8, 4) is 0 Å². The lowest BCUT2D eigenvalue weighted by molar-refractivity contribution is 0.934. The first-order chi connectivity index (χ1) is 7.71. The average molecular weight is 304 g/mol. The Morgan fingerprint density at radius 2 is 2.19 bits per heavy atom. The third kappa shape index (κ3) is 2.41. The number of halogens is 1. The summed E-state index contributed by atoms with van der Waals surface area (Å²) in [6, 6.07) is 0. The minimum Gasteiger partial charge on any atom is -0.368 e. The molecule has 1 aromatic heterocycles. The number of hydrogen-bond acceptors (Lipinski definition) is 6. The van der Waals surface area contributed by atoms with Crippen LogP contribution in [0.4, 0.5) is 11.6 Å². The van der Waals surface area contributed by atoms with E-state index in [4.69, 9.17) is 5.84 Å². The highest BCUT2D eigenvalue weighted by Crippen LogP contribution is 2.47. The van der Waals surface area contributed by atoms with E-state index in [0.717, 1.165) is 16.8 Å². The van der Waals surface area contributed by atoms with Gasteiger partial charge in [-0.25, -0.2) is 15.8 Å². The number of thioether (sulfide) groups is 1. The summed E-state index contributed by atoms with van der Waals surface area (Å²) in [6.45, 7) is 0.924. The Morgan fingerprint density at radius 1 is 1.50 bits per heavy atom. The van der Waals surface area contributed by atoms with Gasteiger partial charge in [0, 0.05) is 11.3 Å². The van der Waals surface area contributed by atoms with Crippen LogP contribution in [0.1, 0.15) is 12.8 Å². The Balaban J connectivity index is 2.04. The molecule has 0 bridgehead atoms. The number of hydrazine groups is 1. The van der Waals surface area contributed by atoms with Crippen molar-refractivity contribution >= 4 is 39.3 Å². The molecule has 4 N–H and O–H groups in total. The lowest BCUT2D eigenvalue weighted by atomic mass is 10.4. The third-order valence-electron chi connectivity index (χ3n) is 2.74. The quantitative estimate of drug-likeness (QED) is 0.569. The van der Waals surface area contributed by atoms with E-state index < -0.39 is 0 Å². The number of nitrogens with one attached hydrogen (secondary N) is 2. The van der Waals surface area contributed by atoms with Crippen LogP contribution in [0, 0.1) is 0 Å². The highest BCUT2D eigenvalue weighted by Gasteiger charge is 2.41. The van der Waals surface area contributed by atoms with E-state index in [1.807, 2.05) is 11.8 Å². The fraction of sp³-hybridized carbons (Fsp3) is 0.556. The molecule has 1 aromatic rings. The molecule has 1 heterocycles. The van der Waals surface area contributed by atoms with E-state index in [1.165, 1.54) is 19.2 Å². The number of anilines is 2. The van der Waals surface area contributed by atoms with Crippen LogP contribution in [0.3, 0.4) is 0 Å². The third-order valence-corrected chi connectivity index (χ3v) is 4.91. The van der Waals surface area contributed by atoms with Crippen LogP contribution in [0.2, 0.25) is 0 Å². The van der Waals surface area contributed by atoms with Crippen molar-refractivity contribution in [3.05, 3.63) is 10.8 Å². The molecule has 1 saturated carbocycles. The molecular formula is C9H14BrN5S. The fourth-order valence-electron chi connectivity index (χ4n) is 1.43. The molecule has 0 unspecified atom stereocenters. The molecule has 16 heavy (non-hydrogen) atoms. The summed E-state index contributed by atoms with van der Waals surface area (Å²) in [4.78, 5) is 8.18. The molecule has 7 heteroatoms. The molecule has 2 rings (SSSR count). The summed E-state index contributed by atoms with van der Waals surface area (Å²) in [6.07, 6.45) is 6.18. The molecule has 0 atom stereocenters. The first-order valence-electron chi connectivity index (χ1n) is 4.97. The van der Waals surface area contributed by atoms with Crippen molar-refractivity contribution in [1.29, 1.82) is 0 Å². The number of hydrogen-bond donors (Lipinski definition) is 3. The number of nitrogens with two attached hydrogens (primary N) is 1. The predicted molar refractivity (Wildman–Crippen MR) is 71.5 cm³/mol. The largest absolute Gasteiger partial charge is 0.368 e. The molecule has 0 amide bonds. The molecule has 0 aliphatic heterocycles. The number of nitrogen functional groups attached to an aromatic ring is 1. The molecule has 1 aliphatic rings. The minimum atomic E-state index is 0.403. The molecule has 0 radical (unpaired) electrons. The second-order valence-electron chi connectivity index (χ2n) is 3.77. The van der Waals surface area contributed by atoms with Crippen LogP contribution < -0.4 is 16.6 Å². The highest BCUT2D eigenvalue weighted by molar-refractivity contribution is 9.10. The normalized spacial score (nSPS) is 16.9. The van der Waals surface area contributed by atoms with Crippen molar-refractivity contribution < 1.29 is 0 Å². The molecule has 1 aliphatic carbocycles. The van der Waals surface area contributed by atoms with Gasteiger partial charge in [0.25, 0.3) is 0 Å². The predicted octanol–water partition coefficient (Wildman–Crippen LogP) is 1.83. The van der Waals surface area contributed by atoms with E-state index >= 15 is 0 Å². The van der Waals surface area contributed by atoms with Crippen LogP contribution in [-0.2, 0) is 0 Å². The van der Waals surface area contributed by atoms with Crippen LogP contribution in [0.15, 0.2) is 10.8 Å². The monoisotopic (exact) mass is 303 g/mol. The summed E-state index contributed by atoms with van der Waals surface area (Å²) >= 11 is 5.33. The molecule has 0 spiro atoms. The van der Waals surface area contributed by atoms with Gasteiger partial charge < -0.3 is 10.7 Å². The van der Waals surface area contributed by atoms with Gasteiger partial charge in [-0.3, -0.25) is 0 Å². The molecular weight excluding hydrogens is 290 g/mol. The highest BCUT2D eigenvalue weighted by atomic mass is 79.9. The smallest absolute Gasteiger partial charge is 0.159 e. The first-order valence-corrected chi connectivity index (χ1v) is 6.99. The minimum absolute atomic E-state index is 0.403. The number of nitrogens with zero attached hydrogens (tertiary/aromatic N) is 2. The first kappa shape index (κ1) is 11.9. The van der Waals surface area contributed by atoms with E-state index in [2.05, 4.69) is 42.9 Å². The van der Waals surface area contributed by atoms with Gasteiger partial charge in [-0.2, -0.15) is 11.8 Å². The lowest BCUT2D eigenvalue weighted by Crippen LogP contribution is -2.19. The van der Waals surface area contributed by atoms with Gasteiger partial charge in [0.1, 0.15) is 16.6 Å². The second kappa shape index (κ2) is 4.77. The molecule has 0 aromatic carbocycles. The van der Waals surface area contributed by atoms with Gasteiger partial charge in [-0.05, 0) is 35.0 Å². The van der Waals surface area contributed by atoms with Crippen molar-refractivity contribution in [2.45, 2.75) is 17.6 Å². The summed E-state index contributed by atoms with van der Waals surface area (Å²) in [5.41, 5.74) is 2.52. The van der Waals surface area contributed by atoms with Gasteiger partial charge in [-0.15, -0.1) is 0 Å². The average Bonchev–Trinajstić information content (AvgIpc) is 3.08. The summed E-state index contributed by atoms with van der Waals surface area (Å²) < 4.78 is 1.18. The summed E-state index contributed by atoms with van der Waals surface area (Å²) in [7, 11) is 0. The van der Waals surface area contributed by atoms with Crippen LogP contribution in [0.25, 0.3) is 0 Å². The van der Waals surface area contributed by atoms with E-state index in [1.54, 1.807) is 0 Å². The lowest BCUT2D eigenvalue weighted by Gasteiger charge is -2.15. The topological polar surface area (TPSA) is 75.9 Å². The zero-order valence-electron chi connectivity index (χ0n) is 8.96. The maximum Gasteiger partial charge on any atom is 0.159 e. The standard InChI is InChI=1S/C9H14BrN5S/c1-16-9(2-3-9)4-12-7-6(10)8(15-11)14-5-13-7/h5H,2-4,11H2,1H3,(H2,12,13,14,15). The zero-order chi connectivity index (χ0) is 11.6. The second-order valence-corrected chi connectivity index (χ2v) is 5.84. The van der Waals surface area contributed by atoms with Crippen LogP contribution in [0.5, 0.6) is 0 Å². The maximum atomic E-state index is 5.34. The maximum absolute atomic E-state index is 5.34. The van der Waals surface area contributed by atoms with E-state index in [9.17, 15) is 0 Å². The molecule has 5 nitrogen and oxygen atoms in total. The van der Waals surface area contributed by atoms with Crippen molar-refractivity contribution in [1.82, 2.24) is 9.97 Å². The Morgan fingerprint density at radius 3 is 2.75 bits per heavy atom. The van der Waals surface area contributed by atoms with Crippen LogP contribution >= 0.6 is 27.7 Å². The van der Waals surface area contributed by atoms with Gasteiger partial charge in [0.2, 0.25) is 0 Å². The summed E-state index contributed by atoms with van der Waals surface area (Å²) in [5.74, 6) is 6.71. The Bertz CT molecular complexity index is 382. The van der Waals surface area contributed by atoms with Gasteiger partial charge in [-0.1, -0.05) is 0 Å². The molecule has 88 valence electrons. The molecule has 1 fully saturated rings. The fourth-order valence-corrected chi connectivity index (χ4v) is 2.62. The molecule has 0 saturated heterocycles. The van der Waals surface area contributed by atoms with Gasteiger partial charge in [0.15, 0.2) is 5.82 Å². The van der Waals surface area contributed by atoms with E-state index in [-0.39, 0.29) is 0 Å². The van der Waals surface area contributed by atoms with Crippen molar-refractivity contribution in [2.24, 2.45) is 5.84 Å². The van der Waals surface area contributed by atoms with Crippen molar-refractivity contribution in [2.75, 3.05) is 23.5 Å². The number of rotatable bonds is 5.